The van der Waals surface area contributed by atoms with Gasteiger partial charge in [-0.3, -0.25) is 0 Å². The molecule has 2 aromatic rings. The number of nitrogens with zero attached hydrogens (tertiary/aromatic N) is 1. The number of hydrogen-bond acceptors (Lipinski definition) is 3. The topological polar surface area (TPSA) is 45.0 Å². The molecule has 134 valence electrons. The number of benzene rings is 2. The van der Waals surface area contributed by atoms with Gasteiger partial charge in [0.1, 0.15) is 11.4 Å². The molecule has 0 bridgehead atoms. The molecule has 1 aliphatic carbocycles. The summed E-state index contributed by atoms with van der Waals surface area (Å²) in [6, 6.07) is 14.6. The van der Waals surface area contributed by atoms with Gasteiger partial charge in [-0.1, -0.05) is 18.2 Å². The summed E-state index contributed by atoms with van der Waals surface area (Å²) >= 11 is 0. The molecule has 26 heavy (non-hydrogen) atoms. The molecule has 1 N–H and O–H groups in total. The smallest absolute Gasteiger partial charge is 0.123 e. The van der Waals surface area contributed by atoms with Crippen LogP contribution in [0, 0.1) is 23.1 Å². The molecule has 4 rings (SSSR count). The number of nitriles is 1. The van der Waals surface area contributed by atoms with Crippen LogP contribution in [0.25, 0.3) is 0 Å². The molecular weight excluding hydrogens is 327 g/mol. The van der Waals surface area contributed by atoms with Gasteiger partial charge in [-0.25, -0.2) is 4.39 Å². The number of fused-ring (bicyclic) bond motifs is 1. The lowest BCUT2D eigenvalue weighted by Gasteiger charge is -2.30. The first-order valence-corrected chi connectivity index (χ1v) is 9.35. The third-order valence-corrected chi connectivity index (χ3v) is 5.47. The lowest BCUT2D eigenvalue weighted by Crippen LogP contribution is -2.29. The van der Waals surface area contributed by atoms with Crippen molar-refractivity contribution >= 4 is 0 Å². The Morgan fingerprint density at radius 1 is 1.19 bits per heavy atom. The molecule has 2 aromatic carbocycles. The normalized spacial score (nSPS) is 21.4. The highest BCUT2D eigenvalue weighted by atomic mass is 19.1. The lowest BCUT2D eigenvalue weighted by atomic mass is 9.81. The van der Waals surface area contributed by atoms with E-state index in [1.807, 2.05) is 30.3 Å². The first-order valence-electron chi connectivity index (χ1n) is 9.35. The number of rotatable bonds is 7. The third kappa shape index (κ3) is 3.38. The van der Waals surface area contributed by atoms with Crippen LogP contribution in [0.2, 0.25) is 0 Å². The van der Waals surface area contributed by atoms with E-state index < -0.39 is 5.60 Å². The number of halogens is 1. The molecular formula is C22H23FN2O. The highest BCUT2D eigenvalue weighted by Gasteiger charge is 2.41. The van der Waals surface area contributed by atoms with Crippen LogP contribution in [0.1, 0.15) is 47.9 Å². The quantitative estimate of drug-likeness (QED) is 0.759. The summed E-state index contributed by atoms with van der Waals surface area (Å²) in [5.74, 6) is 0.627. The van der Waals surface area contributed by atoms with Crippen LogP contribution < -0.4 is 5.32 Å². The van der Waals surface area contributed by atoms with E-state index in [-0.39, 0.29) is 5.82 Å². The summed E-state index contributed by atoms with van der Waals surface area (Å²) in [6.45, 7) is 2.54. The van der Waals surface area contributed by atoms with Gasteiger partial charge in [0.15, 0.2) is 0 Å². The van der Waals surface area contributed by atoms with Gasteiger partial charge in [-0.15, -0.1) is 0 Å². The summed E-state index contributed by atoms with van der Waals surface area (Å²) in [5, 5.41) is 12.7. The number of ether oxygens (including phenoxy) is 1. The molecule has 0 radical (unpaired) electrons. The van der Waals surface area contributed by atoms with E-state index in [0.29, 0.717) is 12.2 Å². The van der Waals surface area contributed by atoms with E-state index in [1.165, 1.54) is 25.0 Å². The highest BCUT2D eigenvalue weighted by Crippen LogP contribution is 2.45. The van der Waals surface area contributed by atoms with Gasteiger partial charge in [-0.05, 0) is 85.6 Å². The fourth-order valence-corrected chi connectivity index (χ4v) is 3.85. The van der Waals surface area contributed by atoms with Gasteiger partial charge < -0.3 is 10.1 Å². The number of hydrogen-bond donors (Lipinski definition) is 1. The molecule has 0 spiro atoms. The average Bonchev–Trinajstić information content (AvgIpc) is 3.42. The van der Waals surface area contributed by atoms with Crippen LogP contribution >= 0.6 is 0 Å². The van der Waals surface area contributed by atoms with Crippen molar-refractivity contribution in [2.45, 2.75) is 37.9 Å². The first kappa shape index (κ1) is 17.2. The van der Waals surface area contributed by atoms with Gasteiger partial charge in [0.05, 0.1) is 18.2 Å². The lowest BCUT2D eigenvalue weighted by molar-refractivity contribution is -0.0129. The maximum absolute atomic E-state index is 13.4. The molecule has 1 atom stereocenters. The van der Waals surface area contributed by atoms with Crippen molar-refractivity contribution < 1.29 is 9.13 Å². The van der Waals surface area contributed by atoms with Crippen LogP contribution in [-0.2, 0) is 16.9 Å². The van der Waals surface area contributed by atoms with Crippen LogP contribution in [0.5, 0.6) is 0 Å². The second kappa shape index (κ2) is 7.19. The van der Waals surface area contributed by atoms with Crippen molar-refractivity contribution in [3.8, 4) is 6.07 Å². The van der Waals surface area contributed by atoms with Crippen molar-refractivity contribution in [2.24, 2.45) is 5.92 Å². The summed E-state index contributed by atoms with van der Waals surface area (Å²) in [6.07, 6.45) is 4.51. The zero-order valence-corrected chi connectivity index (χ0v) is 14.8. The largest absolute Gasteiger partial charge is 0.361 e. The van der Waals surface area contributed by atoms with E-state index >= 15 is 0 Å². The van der Waals surface area contributed by atoms with E-state index in [2.05, 4.69) is 11.4 Å². The Morgan fingerprint density at radius 2 is 2.00 bits per heavy atom. The van der Waals surface area contributed by atoms with Crippen molar-refractivity contribution in [3.05, 3.63) is 70.5 Å². The zero-order valence-electron chi connectivity index (χ0n) is 14.8. The standard InChI is InChI=1S/C22H23FN2O/c23-20-7-5-19(6-8-20)22(10-1-11-25-14-16-2-3-16)21-9-4-17(13-24)12-18(21)15-26-22/h4-9,12,16,25H,1-3,10-11,14-15H2. The Kier molecular flexibility index (Phi) is 4.76. The van der Waals surface area contributed by atoms with E-state index in [4.69, 9.17) is 10.00 Å². The van der Waals surface area contributed by atoms with Gasteiger partial charge in [0, 0.05) is 0 Å². The third-order valence-electron chi connectivity index (χ3n) is 5.47. The fourth-order valence-electron chi connectivity index (χ4n) is 3.85. The monoisotopic (exact) mass is 350 g/mol. The summed E-state index contributed by atoms with van der Waals surface area (Å²) < 4.78 is 19.8. The zero-order chi connectivity index (χ0) is 18.0. The predicted molar refractivity (Wildman–Crippen MR) is 98.0 cm³/mol. The number of nitrogens with one attached hydrogen (secondary N) is 1. The minimum atomic E-state index is -0.557. The van der Waals surface area contributed by atoms with Gasteiger partial charge in [0.25, 0.3) is 0 Å². The van der Waals surface area contributed by atoms with Crippen molar-refractivity contribution in [3.63, 3.8) is 0 Å². The second-order valence-corrected chi connectivity index (χ2v) is 7.36. The Balaban J connectivity index is 1.58. The molecule has 1 fully saturated rings. The second-order valence-electron chi connectivity index (χ2n) is 7.36. The Hall–Kier alpha value is -2.22. The minimum Gasteiger partial charge on any atom is -0.361 e. The Labute approximate surface area is 153 Å². The molecule has 1 saturated carbocycles. The van der Waals surface area contributed by atoms with Crippen molar-refractivity contribution in [1.82, 2.24) is 5.32 Å². The van der Waals surface area contributed by atoms with E-state index in [0.717, 1.165) is 48.5 Å². The average molecular weight is 350 g/mol. The molecule has 0 amide bonds. The molecule has 0 aromatic heterocycles. The van der Waals surface area contributed by atoms with Crippen molar-refractivity contribution in [2.75, 3.05) is 13.1 Å². The molecule has 1 aliphatic heterocycles. The van der Waals surface area contributed by atoms with E-state index in [9.17, 15) is 4.39 Å². The van der Waals surface area contributed by atoms with Gasteiger partial charge >= 0.3 is 0 Å². The minimum absolute atomic E-state index is 0.243. The highest BCUT2D eigenvalue weighted by molar-refractivity contribution is 5.47. The van der Waals surface area contributed by atoms with Crippen LogP contribution in [0.3, 0.4) is 0 Å². The van der Waals surface area contributed by atoms with Crippen molar-refractivity contribution in [1.29, 1.82) is 5.26 Å². The summed E-state index contributed by atoms with van der Waals surface area (Å²) in [4.78, 5) is 0. The molecule has 3 nitrogen and oxygen atoms in total. The maximum Gasteiger partial charge on any atom is 0.123 e. The molecule has 0 saturated heterocycles. The maximum atomic E-state index is 13.4. The molecule has 4 heteroatoms. The summed E-state index contributed by atoms with van der Waals surface area (Å²) in [7, 11) is 0. The predicted octanol–water partition coefficient (Wildman–Crippen LogP) is 4.25. The SMILES string of the molecule is N#Cc1ccc2c(c1)COC2(CCCNCC1CC1)c1ccc(F)cc1. The van der Waals surface area contributed by atoms with E-state index in [1.54, 1.807) is 0 Å². The Bertz CT molecular complexity index is 823. The van der Waals surface area contributed by atoms with Gasteiger partial charge in [-0.2, -0.15) is 5.26 Å². The van der Waals surface area contributed by atoms with Crippen LogP contribution in [-0.4, -0.2) is 13.1 Å². The van der Waals surface area contributed by atoms with Gasteiger partial charge in [0.2, 0.25) is 0 Å². The Morgan fingerprint density at radius 3 is 2.73 bits per heavy atom. The van der Waals surface area contributed by atoms with Crippen LogP contribution in [0.4, 0.5) is 4.39 Å². The molecule has 2 aliphatic rings. The molecule has 1 unspecified atom stereocenters. The first-order chi connectivity index (χ1) is 12.7. The molecule has 1 heterocycles. The summed E-state index contributed by atoms with van der Waals surface area (Å²) in [5.41, 5.74) is 3.22. The fraction of sp³-hybridized carbons (Fsp3) is 0.409. The van der Waals surface area contributed by atoms with Crippen LogP contribution in [0.15, 0.2) is 42.5 Å².